The van der Waals surface area contributed by atoms with E-state index in [2.05, 4.69) is 5.10 Å². The Balaban J connectivity index is 2.13. The molecule has 0 fully saturated rings. The highest BCUT2D eigenvalue weighted by atomic mass is 19.4. The molecule has 27 heavy (non-hydrogen) atoms. The summed E-state index contributed by atoms with van der Waals surface area (Å²) in [5.41, 5.74) is -1.32. The van der Waals surface area contributed by atoms with Crippen molar-refractivity contribution in [2.45, 2.75) is 6.18 Å². The fourth-order valence-corrected chi connectivity index (χ4v) is 2.68. The number of carbonyl (C=O) groups is 1. The van der Waals surface area contributed by atoms with Gasteiger partial charge in [-0.15, -0.1) is 0 Å². The standard InChI is InChI=1S/C19H15F3N2O3/c1-26-15-10-6-7-12(16(15)27-2)11-14-17(19(20,21)22)23-24(18(14)25)13-8-4-3-5-9-13/h3-11H,1-2H3/b14-11-. The van der Waals surface area contributed by atoms with Crippen LogP contribution in [0.5, 0.6) is 11.5 Å². The highest BCUT2D eigenvalue weighted by Crippen LogP contribution is 2.36. The van der Waals surface area contributed by atoms with Crippen molar-refractivity contribution in [1.29, 1.82) is 0 Å². The van der Waals surface area contributed by atoms with Crippen LogP contribution < -0.4 is 14.5 Å². The van der Waals surface area contributed by atoms with Gasteiger partial charge in [0.25, 0.3) is 5.91 Å². The molecule has 0 aliphatic carbocycles. The monoisotopic (exact) mass is 376 g/mol. The number of carbonyl (C=O) groups excluding carboxylic acids is 1. The molecular weight excluding hydrogens is 361 g/mol. The van der Waals surface area contributed by atoms with Gasteiger partial charge in [0.05, 0.1) is 25.5 Å². The van der Waals surface area contributed by atoms with Crippen molar-refractivity contribution in [3.05, 3.63) is 59.7 Å². The zero-order valence-electron chi connectivity index (χ0n) is 14.4. The van der Waals surface area contributed by atoms with Gasteiger partial charge in [-0.05, 0) is 24.3 Å². The number of nitrogens with zero attached hydrogens (tertiary/aromatic N) is 2. The van der Waals surface area contributed by atoms with Crippen LogP contribution in [0, 0.1) is 0 Å². The van der Waals surface area contributed by atoms with Gasteiger partial charge < -0.3 is 9.47 Å². The second-order valence-electron chi connectivity index (χ2n) is 5.54. The van der Waals surface area contributed by atoms with E-state index in [4.69, 9.17) is 9.47 Å². The van der Waals surface area contributed by atoms with Gasteiger partial charge in [-0.25, -0.2) is 0 Å². The van der Waals surface area contributed by atoms with Crippen LogP contribution in [0.4, 0.5) is 18.9 Å². The molecule has 0 atom stereocenters. The minimum atomic E-state index is -4.79. The minimum Gasteiger partial charge on any atom is -0.493 e. The third-order valence-electron chi connectivity index (χ3n) is 3.88. The summed E-state index contributed by atoms with van der Waals surface area (Å²) < 4.78 is 50.9. The predicted octanol–water partition coefficient (Wildman–Crippen LogP) is 4.05. The third kappa shape index (κ3) is 3.51. The van der Waals surface area contributed by atoms with Gasteiger partial charge in [0.2, 0.25) is 0 Å². The van der Waals surface area contributed by atoms with Gasteiger partial charge >= 0.3 is 6.18 Å². The van der Waals surface area contributed by atoms with Crippen LogP contribution in [-0.2, 0) is 4.79 Å². The molecule has 2 aromatic rings. The summed E-state index contributed by atoms with van der Waals surface area (Å²) in [6, 6.07) is 12.6. The first-order valence-electron chi connectivity index (χ1n) is 7.85. The van der Waals surface area contributed by atoms with Crippen molar-refractivity contribution < 1.29 is 27.4 Å². The van der Waals surface area contributed by atoms with E-state index in [1.54, 1.807) is 30.3 Å². The molecule has 8 heteroatoms. The first-order chi connectivity index (χ1) is 12.9. The summed E-state index contributed by atoms with van der Waals surface area (Å²) >= 11 is 0. The maximum atomic E-state index is 13.5. The lowest BCUT2D eigenvalue weighted by molar-refractivity contribution is -0.114. The van der Waals surface area contributed by atoms with Crippen molar-refractivity contribution >= 4 is 23.4 Å². The molecule has 5 nitrogen and oxygen atoms in total. The van der Waals surface area contributed by atoms with Crippen molar-refractivity contribution in [3.8, 4) is 11.5 Å². The zero-order chi connectivity index (χ0) is 19.6. The van der Waals surface area contributed by atoms with E-state index >= 15 is 0 Å². The summed E-state index contributed by atoms with van der Waals surface area (Å²) in [5.74, 6) is -0.318. The molecule has 0 N–H and O–H groups in total. The maximum absolute atomic E-state index is 13.5. The number of benzene rings is 2. The van der Waals surface area contributed by atoms with Crippen LogP contribution >= 0.6 is 0 Å². The molecule has 0 unspecified atom stereocenters. The Labute approximate surface area is 153 Å². The Morgan fingerprint density at radius 2 is 1.70 bits per heavy atom. The summed E-state index contributed by atoms with van der Waals surface area (Å²) in [4.78, 5) is 12.7. The highest BCUT2D eigenvalue weighted by molar-refractivity contribution is 6.34. The normalized spacial score (nSPS) is 15.9. The SMILES string of the molecule is COc1cccc(/C=C2\C(=O)N(c3ccccc3)N=C2C(F)(F)F)c1OC. The molecule has 0 radical (unpaired) electrons. The second-order valence-corrected chi connectivity index (χ2v) is 5.54. The van der Waals surface area contributed by atoms with E-state index in [-0.39, 0.29) is 17.0 Å². The lowest BCUT2D eigenvalue weighted by atomic mass is 10.0. The average molecular weight is 376 g/mol. The van der Waals surface area contributed by atoms with Crippen LogP contribution in [0.1, 0.15) is 5.56 Å². The quantitative estimate of drug-likeness (QED) is 0.757. The number of anilines is 1. The smallest absolute Gasteiger partial charge is 0.435 e. The highest BCUT2D eigenvalue weighted by Gasteiger charge is 2.46. The summed E-state index contributed by atoms with van der Waals surface area (Å²) in [7, 11) is 2.78. The Bertz CT molecular complexity index is 922. The van der Waals surface area contributed by atoms with Crippen LogP contribution in [0.15, 0.2) is 59.2 Å². The lowest BCUT2D eigenvalue weighted by Gasteiger charge is -2.12. The summed E-state index contributed by atoms with van der Waals surface area (Å²) in [6.07, 6.45) is -3.68. The van der Waals surface area contributed by atoms with Crippen LogP contribution in [0.3, 0.4) is 0 Å². The van der Waals surface area contributed by atoms with Crippen molar-refractivity contribution in [3.63, 3.8) is 0 Å². The Kier molecular flexibility index (Phi) is 4.89. The van der Waals surface area contributed by atoms with Gasteiger partial charge in [0, 0.05) is 5.56 Å². The van der Waals surface area contributed by atoms with Crippen LogP contribution in [-0.4, -0.2) is 32.0 Å². The van der Waals surface area contributed by atoms with Gasteiger partial charge in [0.1, 0.15) is 0 Å². The first-order valence-corrected chi connectivity index (χ1v) is 7.85. The topological polar surface area (TPSA) is 51.1 Å². The molecule has 1 aliphatic rings. The molecule has 1 aliphatic heterocycles. The van der Waals surface area contributed by atoms with Gasteiger partial charge in [-0.2, -0.15) is 23.3 Å². The predicted molar refractivity (Wildman–Crippen MR) is 94.9 cm³/mol. The van der Waals surface area contributed by atoms with Crippen molar-refractivity contribution in [2.75, 3.05) is 19.2 Å². The number of hydrogen-bond donors (Lipinski definition) is 0. The summed E-state index contributed by atoms with van der Waals surface area (Å²) in [5, 5.41) is 4.26. The fourth-order valence-electron chi connectivity index (χ4n) is 2.68. The number of hydrazone groups is 1. The maximum Gasteiger partial charge on any atom is 0.435 e. The fraction of sp³-hybridized carbons (Fsp3) is 0.158. The molecule has 0 spiro atoms. The van der Waals surface area contributed by atoms with Crippen molar-refractivity contribution in [1.82, 2.24) is 0 Å². The van der Waals surface area contributed by atoms with E-state index in [0.717, 1.165) is 11.1 Å². The molecule has 0 bridgehead atoms. The zero-order valence-corrected chi connectivity index (χ0v) is 14.4. The number of rotatable bonds is 4. The molecule has 0 saturated heterocycles. The number of hydrogen-bond acceptors (Lipinski definition) is 4. The third-order valence-corrected chi connectivity index (χ3v) is 3.88. The largest absolute Gasteiger partial charge is 0.493 e. The van der Waals surface area contributed by atoms with Crippen LogP contribution in [0.2, 0.25) is 0 Å². The van der Waals surface area contributed by atoms with E-state index in [1.807, 2.05) is 0 Å². The Morgan fingerprint density at radius 3 is 2.30 bits per heavy atom. The molecule has 140 valence electrons. The average Bonchev–Trinajstić information content (AvgIpc) is 2.99. The number of methoxy groups -OCH3 is 2. The minimum absolute atomic E-state index is 0.222. The van der Waals surface area contributed by atoms with E-state index in [0.29, 0.717) is 5.75 Å². The molecule has 1 amide bonds. The number of ether oxygens (including phenoxy) is 2. The van der Waals surface area contributed by atoms with E-state index in [9.17, 15) is 18.0 Å². The number of alkyl halides is 3. The van der Waals surface area contributed by atoms with Gasteiger partial charge in [-0.1, -0.05) is 30.3 Å². The van der Waals surface area contributed by atoms with Crippen LogP contribution in [0.25, 0.3) is 6.08 Å². The summed E-state index contributed by atoms with van der Waals surface area (Å²) in [6.45, 7) is 0. The molecular formula is C19H15F3N2O3. The van der Waals surface area contributed by atoms with Gasteiger partial charge in [-0.3, -0.25) is 4.79 Å². The van der Waals surface area contributed by atoms with Crippen molar-refractivity contribution in [2.24, 2.45) is 5.10 Å². The lowest BCUT2D eigenvalue weighted by Crippen LogP contribution is -2.25. The first kappa shape index (κ1) is 18.5. The second kappa shape index (κ2) is 7.14. The number of halogens is 3. The molecule has 0 saturated carbocycles. The molecule has 2 aromatic carbocycles. The Morgan fingerprint density at radius 1 is 1.00 bits per heavy atom. The Hall–Kier alpha value is -3.29. The van der Waals surface area contributed by atoms with E-state index in [1.165, 1.54) is 32.4 Å². The van der Waals surface area contributed by atoms with Gasteiger partial charge in [0.15, 0.2) is 17.2 Å². The molecule has 3 rings (SSSR count). The number of para-hydroxylation sites is 2. The molecule has 1 heterocycles. The molecule has 0 aromatic heterocycles. The number of amides is 1. The van der Waals surface area contributed by atoms with E-state index < -0.39 is 23.4 Å².